The van der Waals surface area contributed by atoms with Crippen LogP contribution < -0.4 is 19.7 Å². The van der Waals surface area contributed by atoms with Gasteiger partial charge in [0.15, 0.2) is 23.1 Å². The molecule has 1 unspecified atom stereocenters. The number of carbonyl (C=O) groups excluding carboxylic acids is 2. The molecule has 0 saturated carbocycles. The fourth-order valence-corrected chi connectivity index (χ4v) is 3.00. The zero-order valence-corrected chi connectivity index (χ0v) is 13.5. The van der Waals surface area contributed by atoms with Gasteiger partial charge in [0.25, 0.3) is 0 Å². The van der Waals surface area contributed by atoms with Gasteiger partial charge in [-0.2, -0.15) is 0 Å². The Bertz CT molecular complexity index is 903. The number of rotatable bonds is 3. The number of nitrogens with zero attached hydrogens (tertiary/aromatic N) is 1. The highest BCUT2D eigenvalue weighted by atomic mass is 19.2. The summed E-state index contributed by atoms with van der Waals surface area (Å²) in [6.07, 6.45) is 0.0317. The van der Waals surface area contributed by atoms with E-state index in [-0.39, 0.29) is 31.4 Å². The van der Waals surface area contributed by atoms with E-state index >= 15 is 0 Å². The highest BCUT2D eigenvalue weighted by Gasteiger charge is 2.35. The zero-order valence-electron chi connectivity index (χ0n) is 13.5. The maximum absolute atomic E-state index is 13.3. The van der Waals surface area contributed by atoms with Crippen molar-refractivity contribution in [2.75, 3.05) is 23.6 Å². The highest BCUT2D eigenvalue weighted by Crippen LogP contribution is 2.37. The van der Waals surface area contributed by atoms with E-state index in [2.05, 4.69) is 5.32 Å². The van der Waals surface area contributed by atoms with Crippen LogP contribution in [0.5, 0.6) is 11.5 Å². The molecule has 2 aromatic carbocycles. The molecule has 1 N–H and O–H groups in total. The Morgan fingerprint density at radius 3 is 2.69 bits per heavy atom. The van der Waals surface area contributed by atoms with Crippen LogP contribution >= 0.6 is 0 Å². The van der Waals surface area contributed by atoms with Gasteiger partial charge in [-0.15, -0.1) is 0 Å². The van der Waals surface area contributed by atoms with Crippen LogP contribution in [0, 0.1) is 17.6 Å². The highest BCUT2D eigenvalue weighted by molar-refractivity contribution is 6.03. The Morgan fingerprint density at radius 2 is 1.88 bits per heavy atom. The van der Waals surface area contributed by atoms with Crippen molar-refractivity contribution in [1.82, 2.24) is 0 Å². The quantitative estimate of drug-likeness (QED) is 0.914. The fourth-order valence-electron chi connectivity index (χ4n) is 3.00. The van der Waals surface area contributed by atoms with E-state index < -0.39 is 23.5 Å². The number of amides is 2. The number of hydrogen-bond acceptors (Lipinski definition) is 4. The van der Waals surface area contributed by atoms with Gasteiger partial charge in [-0.25, -0.2) is 8.78 Å². The van der Waals surface area contributed by atoms with Crippen LogP contribution in [0.1, 0.15) is 6.42 Å². The molecule has 134 valence electrons. The summed E-state index contributed by atoms with van der Waals surface area (Å²) in [7, 11) is 0. The molecule has 1 fully saturated rings. The lowest BCUT2D eigenvalue weighted by Crippen LogP contribution is -2.28. The van der Waals surface area contributed by atoms with E-state index in [0.29, 0.717) is 17.2 Å². The summed E-state index contributed by atoms with van der Waals surface area (Å²) in [4.78, 5) is 26.2. The molecule has 0 aromatic heterocycles. The maximum atomic E-state index is 13.3. The molecule has 2 aromatic rings. The van der Waals surface area contributed by atoms with Crippen molar-refractivity contribution in [3.8, 4) is 11.5 Å². The summed E-state index contributed by atoms with van der Waals surface area (Å²) in [5.41, 5.74) is 0.755. The van der Waals surface area contributed by atoms with E-state index in [1.165, 1.54) is 11.0 Å². The Labute approximate surface area is 147 Å². The standard InChI is InChI=1S/C18H14F2N2O4/c19-13-3-1-11(6-14(13)20)21-18(24)10-5-17(23)22(8-10)12-2-4-15-16(7-12)26-9-25-15/h1-4,6-7,10H,5,8-9H2,(H,21,24). The number of nitrogens with one attached hydrogen (secondary N) is 1. The fraction of sp³-hybridized carbons (Fsp3) is 0.222. The van der Waals surface area contributed by atoms with Crippen molar-refractivity contribution in [1.29, 1.82) is 0 Å². The number of benzene rings is 2. The largest absolute Gasteiger partial charge is 0.454 e. The van der Waals surface area contributed by atoms with Gasteiger partial charge < -0.3 is 19.7 Å². The summed E-state index contributed by atoms with van der Waals surface area (Å²) < 4.78 is 36.8. The first-order chi connectivity index (χ1) is 12.5. The number of fused-ring (bicyclic) bond motifs is 1. The lowest BCUT2D eigenvalue weighted by atomic mass is 10.1. The van der Waals surface area contributed by atoms with Crippen molar-refractivity contribution in [3.63, 3.8) is 0 Å². The second-order valence-corrected chi connectivity index (χ2v) is 6.06. The van der Waals surface area contributed by atoms with Gasteiger partial charge in [0, 0.05) is 36.5 Å². The number of carbonyl (C=O) groups is 2. The molecule has 8 heteroatoms. The molecule has 2 heterocycles. The predicted molar refractivity (Wildman–Crippen MR) is 88.0 cm³/mol. The molecule has 6 nitrogen and oxygen atoms in total. The monoisotopic (exact) mass is 360 g/mol. The second-order valence-electron chi connectivity index (χ2n) is 6.06. The molecule has 0 aliphatic carbocycles. The molecule has 1 atom stereocenters. The third-order valence-electron chi connectivity index (χ3n) is 4.35. The van der Waals surface area contributed by atoms with Crippen LogP contribution in [-0.2, 0) is 9.59 Å². The van der Waals surface area contributed by atoms with Gasteiger partial charge in [-0.05, 0) is 24.3 Å². The Balaban J connectivity index is 1.47. The molecule has 0 spiro atoms. The van der Waals surface area contributed by atoms with Crippen molar-refractivity contribution < 1.29 is 27.8 Å². The molecular weight excluding hydrogens is 346 g/mol. The SMILES string of the molecule is O=C(Nc1ccc(F)c(F)c1)C1CC(=O)N(c2ccc3c(c2)OCO3)C1. The summed E-state index contributed by atoms with van der Waals surface area (Å²) >= 11 is 0. The average Bonchev–Trinajstić information content (AvgIpc) is 3.23. The first-order valence-electron chi connectivity index (χ1n) is 7.97. The van der Waals surface area contributed by atoms with Gasteiger partial charge in [0.05, 0.1) is 5.92 Å². The third kappa shape index (κ3) is 2.94. The van der Waals surface area contributed by atoms with Crippen LogP contribution in [0.2, 0.25) is 0 Å². The van der Waals surface area contributed by atoms with Crippen LogP contribution in [0.3, 0.4) is 0 Å². The van der Waals surface area contributed by atoms with Crippen molar-refractivity contribution in [2.45, 2.75) is 6.42 Å². The lowest BCUT2D eigenvalue weighted by molar-refractivity contribution is -0.122. The van der Waals surface area contributed by atoms with Crippen LogP contribution in [0.15, 0.2) is 36.4 Å². The molecule has 2 aliphatic heterocycles. The molecule has 2 aliphatic rings. The summed E-state index contributed by atoms with van der Waals surface area (Å²) in [5.74, 6) is -2.11. The van der Waals surface area contributed by atoms with E-state index in [1.54, 1.807) is 18.2 Å². The average molecular weight is 360 g/mol. The summed E-state index contributed by atoms with van der Waals surface area (Å²) in [5, 5.41) is 2.52. The molecule has 2 amide bonds. The number of anilines is 2. The van der Waals surface area contributed by atoms with E-state index in [1.807, 2.05) is 0 Å². The molecule has 26 heavy (non-hydrogen) atoms. The third-order valence-corrected chi connectivity index (χ3v) is 4.35. The molecular formula is C18H14F2N2O4. The molecule has 1 saturated heterocycles. The Morgan fingerprint density at radius 1 is 1.08 bits per heavy atom. The minimum Gasteiger partial charge on any atom is -0.454 e. The second kappa shape index (κ2) is 6.29. The van der Waals surface area contributed by atoms with Gasteiger partial charge in [-0.3, -0.25) is 9.59 Å². The topological polar surface area (TPSA) is 67.9 Å². The van der Waals surface area contributed by atoms with E-state index in [0.717, 1.165) is 12.1 Å². The smallest absolute Gasteiger partial charge is 0.231 e. The minimum atomic E-state index is -1.05. The van der Waals surface area contributed by atoms with Gasteiger partial charge in [-0.1, -0.05) is 0 Å². The van der Waals surface area contributed by atoms with Gasteiger partial charge in [0.2, 0.25) is 18.6 Å². The number of halogens is 2. The maximum Gasteiger partial charge on any atom is 0.231 e. The van der Waals surface area contributed by atoms with Gasteiger partial charge >= 0.3 is 0 Å². The summed E-state index contributed by atoms with van der Waals surface area (Å²) in [6, 6.07) is 8.22. The van der Waals surface area contributed by atoms with E-state index in [4.69, 9.17) is 9.47 Å². The Hall–Kier alpha value is -3.16. The van der Waals surface area contributed by atoms with Crippen molar-refractivity contribution in [2.24, 2.45) is 5.92 Å². The van der Waals surface area contributed by atoms with Crippen LogP contribution in [0.25, 0.3) is 0 Å². The molecule has 0 radical (unpaired) electrons. The number of ether oxygens (including phenoxy) is 2. The van der Waals surface area contributed by atoms with Crippen molar-refractivity contribution in [3.05, 3.63) is 48.0 Å². The zero-order chi connectivity index (χ0) is 18.3. The van der Waals surface area contributed by atoms with Crippen LogP contribution in [0.4, 0.5) is 20.2 Å². The molecule has 4 rings (SSSR count). The molecule has 0 bridgehead atoms. The normalized spacial score (nSPS) is 18.3. The first kappa shape index (κ1) is 16.3. The van der Waals surface area contributed by atoms with Gasteiger partial charge in [0.1, 0.15) is 0 Å². The number of hydrogen-bond donors (Lipinski definition) is 1. The Kier molecular flexibility index (Phi) is 3.95. The van der Waals surface area contributed by atoms with Crippen molar-refractivity contribution >= 4 is 23.2 Å². The summed E-state index contributed by atoms with van der Waals surface area (Å²) in [6.45, 7) is 0.319. The van der Waals surface area contributed by atoms with Crippen LogP contribution in [-0.4, -0.2) is 25.2 Å². The lowest BCUT2D eigenvalue weighted by Gasteiger charge is -2.17. The predicted octanol–water partition coefficient (Wildman–Crippen LogP) is 2.69. The van der Waals surface area contributed by atoms with E-state index in [9.17, 15) is 18.4 Å². The first-order valence-corrected chi connectivity index (χ1v) is 7.97. The minimum absolute atomic E-state index is 0.0317.